The molecule has 0 aromatic rings. The van der Waals surface area contributed by atoms with Crippen molar-refractivity contribution < 1.29 is 8.42 Å². The lowest BCUT2D eigenvalue weighted by Crippen LogP contribution is -2.49. The molecule has 2 heterocycles. The first kappa shape index (κ1) is 13.3. The van der Waals surface area contributed by atoms with E-state index in [1.165, 1.54) is 12.8 Å². The monoisotopic (exact) mass is 260 g/mol. The third kappa shape index (κ3) is 3.42. The molecule has 0 aliphatic carbocycles. The fourth-order valence-electron chi connectivity index (χ4n) is 2.84. The molecule has 4 nitrogen and oxygen atoms in total. The zero-order valence-corrected chi connectivity index (χ0v) is 11.7. The second-order valence-corrected chi connectivity index (χ2v) is 7.95. The number of hydrogen-bond donors (Lipinski definition) is 1. The molecule has 1 N–H and O–H groups in total. The smallest absolute Gasteiger partial charge is 0.153 e. The number of rotatable bonds is 4. The van der Waals surface area contributed by atoms with Crippen LogP contribution in [0.15, 0.2) is 0 Å². The first-order valence-corrected chi connectivity index (χ1v) is 8.48. The summed E-state index contributed by atoms with van der Waals surface area (Å²) < 4.78 is 23.6. The first-order valence-electron chi connectivity index (χ1n) is 6.66. The van der Waals surface area contributed by atoms with Crippen LogP contribution in [0.1, 0.15) is 26.7 Å². The summed E-state index contributed by atoms with van der Waals surface area (Å²) in [5, 5.41) is 3.44. The zero-order chi connectivity index (χ0) is 12.5. The number of nitrogens with one attached hydrogen (secondary N) is 1. The molecule has 2 rings (SSSR count). The zero-order valence-electron chi connectivity index (χ0n) is 10.9. The Labute approximate surface area is 105 Å². The Morgan fingerprint density at radius 1 is 1.24 bits per heavy atom. The molecule has 2 aliphatic rings. The van der Waals surface area contributed by atoms with E-state index in [-0.39, 0.29) is 12.1 Å². The highest BCUT2D eigenvalue weighted by Crippen LogP contribution is 2.22. The summed E-state index contributed by atoms with van der Waals surface area (Å²) in [6.45, 7) is 7.35. The van der Waals surface area contributed by atoms with Crippen LogP contribution in [0.4, 0.5) is 0 Å². The molecule has 2 atom stereocenters. The van der Waals surface area contributed by atoms with Crippen molar-refractivity contribution in [2.75, 3.05) is 31.1 Å². The average molecular weight is 260 g/mol. The third-order valence-electron chi connectivity index (χ3n) is 3.72. The first-order chi connectivity index (χ1) is 7.98. The maximum atomic E-state index is 11.8. The Hall–Kier alpha value is -0.130. The van der Waals surface area contributed by atoms with Crippen LogP contribution in [0.2, 0.25) is 0 Å². The van der Waals surface area contributed by atoms with Crippen molar-refractivity contribution in [2.24, 2.45) is 5.92 Å². The van der Waals surface area contributed by atoms with Crippen molar-refractivity contribution >= 4 is 9.84 Å². The largest absolute Gasteiger partial charge is 0.311 e. The Morgan fingerprint density at radius 2 is 1.88 bits per heavy atom. The van der Waals surface area contributed by atoms with Gasteiger partial charge in [0.15, 0.2) is 9.84 Å². The van der Waals surface area contributed by atoms with Crippen molar-refractivity contribution in [1.82, 2.24) is 10.2 Å². The van der Waals surface area contributed by atoms with Gasteiger partial charge in [-0.25, -0.2) is 8.42 Å². The van der Waals surface area contributed by atoms with Crippen molar-refractivity contribution in [2.45, 2.75) is 38.8 Å². The predicted octanol–water partition coefficient (Wildman–Crippen LogP) is 0.493. The van der Waals surface area contributed by atoms with Gasteiger partial charge in [-0.3, -0.25) is 4.90 Å². The van der Waals surface area contributed by atoms with Crippen LogP contribution >= 0.6 is 0 Å². The summed E-state index contributed by atoms with van der Waals surface area (Å²) in [4.78, 5) is 2.36. The van der Waals surface area contributed by atoms with E-state index in [1.807, 2.05) is 0 Å². The molecule has 5 heteroatoms. The molecule has 0 aromatic carbocycles. The lowest BCUT2D eigenvalue weighted by Gasteiger charge is -2.28. The third-order valence-corrected chi connectivity index (χ3v) is 5.44. The van der Waals surface area contributed by atoms with Gasteiger partial charge in [-0.05, 0) is 38.4 Å². The fraction of sp³-hybridized carbons (Fsp3) is 1.00. The Morgan fingerprint density at radius 3 is 2.47 bits per heavy atom. The summed E-state index contributed by atoms with van der Waals surface area (Å²) in [7, 11) is -2.83. The Bertz CT molecular complexity index is 348. The second kappa shape index (κ2) is 5.24. The maximum absolute atomic E-state index is 11.8. The summed E-state index contributed by atoms with van der Waals surface area (Å²) in [5.41, 5.74) is 0. The van der Waals surface area contributed by atoms with Crippen LogP contribution in [-0.4, -0.2) is 56.5 Å². The SMILES string of the molecule is CC(C)CN[C@H]1CS(=O)(=O)C[C@@H]1N1CCCC1. The van der Waals surface area contributed by atoms with Crippen molar-refractivity contribution in [3.63, 3.8) is 0 Å². The highest BCUT2D eigenvalue weighted by Gasteiger charge is 2.41. The fourth-order valence-corrected chi connectivity index (χ4v) is 4.83. The van der Waals surface area contributed by atoms with Gasteiger partial charge in [0.2, 0.25) is 0 Å². The van der Waals surface area contributed by atoms with E-state index in [0.717, 1.165) is 19.6 Å². The van der Waals surface area contributed by atoms with E-state index in [9.17, 15) is 8.42 Å². The van der Waals surface area contributed by atoms with E-state index < -0.39 is 9.84 Å². The van der Waals surface area contributed by atoms with Crippen molar-refractivity contribution in [3.05, 3.63) is 0 Å². The second-order valence-electron chi connectivity index (χ2n) is 5.80. The molecule has 2 fully saturated rings. The van der Waals surface area contributed by atoms with Gasteiger partial charge in [0, 0.05) is 12.1 Å². The number of nitrogens with zero attached hydrogens (tertiary/aromatic N) is 1. The lowest BCUT2D eigenvalue weighted by molar-refractivity contribution is 0.224. The molecule has 2 aliphatic heterocycles. The molecule has 0 radical (unpaired) electrons. The van der Waals surface area contributed by atoms with Gasteiger partial charge in [-0.1, -0.05) is 13.8 Å². The van der Waals surface area contributed by atoms with Crippen LogP contribution in [0.25, 0.3) is 0 Å². The summed E-state index contributed by atoms with van der Waals surface area (Å²) in [6.07, 6.45) is 2.43. The van der Waals surface area contributed by atoms with Gasteiger partial charge in [-0.2, -0.15) is 0 Å². The van der Waals surface area contributed by atoms with Crippen LogP contribution < -0.4 is 5.32 Å². The van der Waals surface area contributed by atoms with Gasteiger partial charge >= 0.3 is 0 Å². The molecule has 0 amide bonds. The molecular weight excluding hydrogens is 236 g/mol. The van der Waals surface area contributed by atoms with E-state index >= 15 is 0 Å². The molecule has 17 heavy (non-hydrogen) atoms. The number of sulfone groups is 1. The van der Waals surface area contributed by atoms with Crippen LogP contribution in [-0.2, 0) is 9.84 Å². The predicted molar refractivity (Wildman–Crippen MR) is 69.9 cm³/mol. The van der Waals surface area contributed by atoms with Crippen LogP contribution in [0.3, 0.4) is 0 Å². The molecule has 0 unspecified atom stereocenters. The molecule has 100 valence electrons. The Kier molecular flexibility index (Phi) is 4.10. The van der Waals surface area contributed by atoms with Gasteiger partial charge in [0.25, 0.3) is 0 Å². The van der Waals surface area contributed by atoms with E-state index in [0.29, 0.717) is 17.4 Å². The van der Waals surface area contributed by atoms with Gasteiger partial charge in [0.1, 0.15) is 0 Å². The molecule has 2 saturated heterocycles. The Balaban J connectivity index is 2.00. The van der Waals surface area contributed by atoms with Crippen LogP contribution in [0.5, 0.6) is 0 Å². The normalized spacial score (nSPS) is 33.6. The number of likely N-dealkylation sites (tertiary alicyclic amines) is 1. The summed E-state index contributed by atoms with van der Waals surface area (Å²) >= 11 is 0. The van der Waals surface area contributed by atoms with Crippen molar-refractivity contribution in [1.29, 1.82) is 0 Å². The van der Waals surface area contributed by atoms with Crippen molar-refractivity contribution in [3.8, 4) is 0 Å². The molecule has 0 spiro atoms. The summed E-state index contributed by atoms with van der Waals surface area (Å²) in [5.74, 6) is 1.24. The van der Waals surface area contributed by atoms with E-state index in [2.05, 4.69) is 24.1 Å². The standard InChI is InChI=1S/C12H24N2O2S/c1-10(2)7-13-11-8-17(15,16)9-12(11)14-5-3-4-6-14/h10-13H,3-9H2,1-2H3/t11-,12-/m0/s1. The molecule has 0 aromatic heterocycles. The highest BCUT2D eigenvalue weighted by atomic mass is 32.2. The van der Waals surface area contributed by atoms with Gasteiger partial charge in [0.05, 0.1) is 11.5 Å². The van der Waals surface area contributed by atoms with Crippen LogP contribution in [0, 0.1) is 5.92 Å². The minimum Gasteiger partial charge on any atom is -0.311 e. The lowest BCUT2D eigenvalue weighted by atomic mass is 10.1. The minimum absolute atomic E-state index is 0.139. The maximum Gasteiger partial charge on any atom is 0.153 e. The quantitative estimate of drug-likeness (QED) is 0.799. The van der Waals surface area contributed by atoms with Gasteiger partial charge < -0.3 is 5.32 Å². The average Bonchev–Trinajstić information content (AvgIpc) is 2.81. The summed E-state index contributed by atoms with van der Waals surface area (Å²) in [6, 6.07) is 0.349. The highest BCUT2D eigenvalue weighted by molar-refractivity contribution is 7.91. The van der Waals surface area contributed by atoms with E-state index in [1.54, 1.807) is 0 Å². The molecule has 0 saturated carbocycles. The minimum atomic E-state index is -2.83. The molecule has 0 bridgehead atoms. The topological polar surface area (TPSA) is 49.4 Å². The van der Waals surface area contributed by atoms with E-state index in [4.69, 9.17) is 0 Å². The molecular formula is C12H24N2O2S. The number of hydrogen-bond acceptors (Lipinski definition) is 4. The van der Waals surface area contributed by atoms with Gasteiger partial charge in [-0.15, -0.1) is 0 Å².